The lowest BCUT2D eigenvalue weighted by atomic mass is 9.68. The van der Waals surface area contributed by atoms with Gasteiger partial charge in [0.25, 0.3) is 0 Å². The fraction of sp³-hybridized carbons (Fsp3) is 0.524. The van der Waals surface area contributed by atoms with Gasteiger partial charge in [0.2, 0.25) is 0 Å². The third-order valence-electron chi connectivity index (χ3n) is 5.39. The van der Waals surface area contributed by atoms with Gasteiger partial charge in [0.15, 0.2) is 5.76 Å². The average Bonchev–Trinajstić information content (AvgIpc) is 3.13. The molecule has 3 rings (SSSR count). The van der Waals surface area contributed by atoms with E-state index in [2.05, 4.69) is 49.5 Å². The Kier molecular flexibility index (Phi) is 5.75. The van der Waals surface area contributed by atoms with Crippen LogP contribution in [0.3, 0.4) is 0 Å². The van der Waals surface area contributed by atoms with Crippen LogP contribution >= 0.6 is 0 Å². The molecule has 3 heteroatoms. The summed E-state index contributed by atoms with van der Waals surface area (Å²) >= 11 is 0. The Morgan fingerprint density at radius 1 is 1.17 bits per heavy atom. The van der Waals surface area contributed by atoms with E-state index in [0.29, 0.717) is 12.0 Å². The number of rotatable bonds is 7. The third kappa shape index (κ3) is 4.08. The highest BCUT2D eigenvalue weighted by atomic mass is 16.5. The molecular weight excluding hydrogens is 298 g/mol. The van der Waals surface area contributed by atoms with Crippen molar-refractivity contribution in [1.82, 2.24) is 0 Å². The standard InChI is InChI=1S/C21H29NO2/c1-17(2)20-15-21(11-14-24-20,18-7-4-3-5-8-18)10-12-22-16-19-9-6-13-23-19/h3-9,13,17,20,22H,10-12,14-16H2,1-2H3/p+1/t20-,21-/m0/s1. The van der Waals surface area contributed by atoms with Gasteiger partial charge in [0, 0.05) is 18.4 Å². The van der Waals surface area contributed by atoms with E-state index >= 15 is 0 Å². The zero-order valence-corrected chi connectivity index (χ0v) is 14.9. The second-order valence-corrected chi connectivity index (χ2v) is 7.36. The molecule has 0 spiro atoms. The number of quaternary nitrogens is 1. The van der Waals surface area contributed by atoms with E-state index in [1.54, 1.807) is 6.26 Å². The van der Waals surface area contributed by atoms with Crippen LogP contribution in [0, 0.1) is 5.92 Å². The quantitative estimate of drug-likeness (QED) is 0.790. The van der Waals surface area contributed by atoms with Gasteiger partial charge in [-0.3, -0.25) is 0 Å². The van der Waals surface area contributed by atoms with E-state index < -0.39 is 0 Å². The lowest BCUT2D eigenvalue weighted by Crippen LogP contribution is -2.83. The second kappa shape index (κ2) is 8.00. The first-order valence-corrected chi connectivity index (χ1v) is 9.21. The molecule has 1 aromatic carbocycles. The minimum Gasteiger partial charge on any atom is -0.463 e. The highest BCUT2D eigenvalue weighted by Gasteiger charge is 2.39. The number of benzene rings is 1. The zero-order valence-electron chi connectivity index (χ0n) is 14.9. The number of nitrogens with two attached hydrogens (primary N) is 1. The van der Waals surface area contributed by atoms with E-state index in [9.17, 15) is 0 Å². The summed E-state index contributed by atoms with van der Waals surface area (Å²) in [6, 6.07) is 15.1. The number of ether oxygens (including phenoxy) is 1. The first kappa shape index (κ1) is 17.2. The molecule has 0 bridgehead atoms. The number of furan rings is 1. The molecule has 3 nitrogen and oxygen atoms in total. The maximum Gasteiger partial charge on any atom is 0.157 e. The second-order valence-electron chi connectivity index (χ2n) is 7.36. The van der Waals surface area contributed by atoms with Gasteiger partial charge in [0.1, 0.15) is 6.54 Å². The molecule has 1 aliphatic rings. The Morgan fingerprint density at radius 3 is 2.71 bits per heavy atom. The Bertz CT molecular complexity index is 594. The molecule has 1 aromatic heterocycles. The van der Waals surface area contributed by atoms with Crippen molar-refractivity contribution in [3.05, 3.63) is 60.1 Å². The van der Waals surface area contributed by atoms with Gasteiger partial charge in [-0.15, -0.1) is 0 Å². The minimum absolute atomic E-state index is 0.244. The van der Waals surface area contributed by atoms with Crippen LogP contribution in [0.2, 0.25) is 0 Å². The normalized spacial score (nSPS) is 24.4. The molecule has 1 fully saturated rings. The topological polar surface area (TPSA) is 39.0 Å². The van der Waals surface area contributed by atoms with Gasteiger partial charge in [-0.1, -0.05) is 44.2 Å². The summed E-state index contributed by atoms with van der Waals surface area (Å²) in [7, 11) is 0. The largest absolute Gasteiger partial charge is 0.463 e. The first-order chi connectivity index (χ1) is 11.7. The molecule has 1 saturated heterocycles. The van der Waals surface area contributed by atoms with Gasteiger partial charge in [-0.25, -0.2) is 0 Å². The molecule has 0 radical (unpaired) electrons. The summed E-state index contributed by atoms with van der Waals surface area (Å²) < 4.78 is 11.5. The van der Waals surface area contributed by atoms with Crippen LogP contribution in [0.15, 0.2) is 53.1 Å². The van der Waals surface area contributed by atoms with Crippen LogP contribution in [-0.4, -0.2) is 19.3 Å². The summed E-state index contributed by atoms with van der Waals surface area (Å²) in [5.74, 6) is 1.62. The Hall–Kier alpha value is -1.58. The first-order valence-electron chi connectivity index (χ1n) is 9.21. The maximum atomic E-state index is 6.06. The van der Waals surface area contributed by atoms with Crippen molar-refractivity contribution in [2.45, 2.75) is 51.2 Å². The predicted molar refractivity (Wildman–Crippen MR) is 95.8 cm³/mol. The summed E-state index contributed by atoms with van der Waals surface area (Å²) in [5, 5.41) is 2.36. The highest BCUT2D eigenvalue weighted by molar-refractivity contribution is 5.26. The molecule has 2 N–H and O–H groups in total. The van der Waals surface area contributed by atoms with E-state index in [0.717, 1.165) is 38.3 Å². The fourth-order valence-electron chi connectivity index (χ4n) is 3.86. The predicted octanol–water partition coefficient (Wildman–Crippen LogP) is 3.51. The number of hydrogen-bond acceptors (Lipinski definition) is 2. The summed E-state index contributed by atoms with van der Waals surface area (Å²) in [6.45, 7) is 7.45. The molecular formula is C21H30NO2+. The number of hydrogen-bond donors (Lipinski definition) is 1. The maximum absolute atomic E-state index is 6.06. The molecule has 0 saturated carbocycles. The Morgan fingerprint density at radius 2 is 2.00 bits per heavy atom. The monoisotopic (exact) mass is 328 g/mol. The third-order valence-corrected chi connectivity index (χ3v) is 5.39. The average molecular weight is 328 g/mol. The van der Waals surface area contributed by atoms with Crippen LogP contribution in [-0.2, 0) is 16.7 Å². The van der Waals surface area contributed by atoms with Gasteiger partial charge >= 0.3 is 0 Å². The van der Waals surface area contributed by atoms with Crippen molar-refractivity contribution in [3.63, 3.8) is 0 Å². The lowest BCUT2D eigenvalue weighted by Gasteiger charge is -2.42. The van der Waals surface area contributed by atoms with Crippen LogP contribution in [0.4, 0.5) is 0 Å². The molecule has 0 aliphatic carbocycles. The fourth-order valence-corrected chi connectivity index (χ4v) is 3.86. The van der Waals surface area contributed by atoms with E-state index in [1.165, 1.54) is 12.0 Å². The summed E-state index contributed by atoms with van der Waals surface area (Å²) in [6.07, 6.45) is 5.55. The van der Waals surface area contributed by atoms with E-state index in [1.807, 2.05) is 12.1 Å². The van der Waals surface area contributed by atoms with Crippen LogP contribution in [0.1, 0.15) is 44.4 Å². The molecule has 130 valence electrons. The van der Waals surface area contributed by atoms with Gasteiger partial charge in [0.05, 0.1) is 18.9 Å². The van der Waals surface area contributed by atoms with Crippen LogP contribution in [0.25, 0.3) is 0 Å². The van der Waals surface area contributed by atoms with Crippen LogP contribution < -0.4 is 5.32 Å². The van der Waals surface area contributed by atoms with Gasteiger partial charge in [-0.05, 0) is 36.5 Å². The summed E-state index contributed by atoms with van der Waals surface area (Å²) in [5.41, 5.74) is 1.72. The van der Waals surface area contributed by atoms with Crippen molar-refractivity contribution >= 4 is 0 Å². The van der Waals surface area contributed by atoms with Crippen LogP contribution in [0.5, 0.6) is 0 Å². The smallest absolute Gasteiger partial charge is 0.157 e. The van der Waals surface area contributed by atoms with Crippen molar-refractivity contribution in [2.24, 2.45) is 5.92 Å². The Balaban J connectivity index is 1.68. The highest BCUT2D eigenvalue weighted by Crippen LogP contribution is 2.41. The van der Waals surface area contributed by atoms with Crippen molar-refractivity contribution in [2.75, 3.05) is 13.2 Å². The molecule has 2 atom stereocenters. The Labute approximate surface area is 145 Å². The van der Waals surface area contributed by atoms with E-state index in [4.69, 9.17) is 9.15 Å². The lowest BCUT2D eigenvalue weighted by molar-refractivity contribution is -0.673. The summed E-state index contributed by atoms with van der Waals surface area (Å²) in [4.78, 5) is 0. The zero-order chi connectivity index (χ0) is 16.8. The molecule has 0 unspecified atom stereocenters. The van der Waals surface area contributed by atoms with Gasteiger partial charge < -0.3 is 14.5 Å². The molecule has 2 aromatic rings. The van der Waals surface area contributed by atoms with E-state index in [-0.39, 0.29) is 5.41 Å². The SMILES string of the molecule is CC(C)[C@@H]1C[C@@](CC[NH2+]Cc2ccco2)(c2ccccc2)CCO1. The molecule has 1 aliphatic heterocycles. The molecule has 24 heavy (non-hydrogen) atoms. The molecule has 2 heterocycles. The minimum atomic E-state index is 0.244. The van der Waals surface area contributed by atoms with Crippen molar-refractivity contribution < 1.29 is 14.5 Å². The molecule has 0 amide bonds. The van der Waals surface area contributed by atoms with Crippen molar-refractivity contribution in [1.29, 1.82) is 0 Å². The van der Waals surface area contributed by atoms with Crippen molar-refractivity contribution in [3.8, 4) is 0 Å². The van der Waals surface area contributed by atoms with Gasteiger partial charge in [-0.2, -0.15) is 0 Å².